The Morgan fingerprint density at radius 3 is 2.47 bits per heavy atom. The molecule has 1 saturated carbocycles. The number of hydrogen-bond acceptors (Lipinski definition) is 2. The van der Waals surface area contributed by atoms with Gasteiger partial charge in [-0.1, -0.05) is 27.7 Å². The summed E-state index contributed by atoms with van der Waals surface area (Å²) in [6.07, 6.45) is 2.93. The number of carbonyl (C=O) groups is 1. The second-order valence-corrected chi connectivity index (χ2v) is 5.52. The number of ketones is 1. The summed E-state index contributed by atoms with van der Waals surface area (Å²) in [7, 11) is 0. The van der Waals surface area contributed by atoms with Crippen molar-refractivity contribution in [2.45, 2.75) is 47.0 Å². The van der Waals surface area contributed by atoms with Crippen molar-refractivity contribution in [3.63, 3.8) is 0 Å². The Bertz CT molecular complexity index is 219. The van der Waals surface area contributed by atoms with E-state index in [9.17, 15) is 4.79 Å². The van der Waals surface area contributed by atoms with Gasteiger partial charge in [0.05, 0.1) is 0 Å². The van der Waals surface area contributed by atoms with E-state index in [1.54, 1.807) is 0 Å². The molecule has 0 saturated heterocycles. The lowest BCUT2D eigenvalue weighted by atomic mass is 9.71. The fourth-order valence-electron chi connectivity index (χ4n) is 2.51. The smallest absolute Gasteiger partial charge is 0.137 e. The molecule has 0 radical (unpaired) electrons. The highest BCUT2D eigenvalue weighted by Crippen LogP contribution is 2.36. The molecule has 1 atom stereocenters. The molecule has 0 aromatic rings. The molecule has 0 aliphatic heterocycles. The third-order valence-corrected chi connectivity index (χ3v) is 3.68. The van der Waals surface area contributed by atoms with Gasteiger partial charge in [-0.2, -0.15) is 0 Å². The maximum atomic E-state index is 11.8. The first kappa shape index (κ1) is 12.7. The van der Waals surface area contributed by atoms with Crippen molar-refractivity contribution in [2.75, 3.05) is 19.6 Å². The average Bonchev–Trinajstić information content (AvgIpc) is 2.19. The molecular weight excluding hydrogens is 186 g/mol. The minimum absolute atomic E-state index is 0.286. The summed E-state index contributed by atoms with van der Waals surface area (Å²) in [5.74, 6) is 0.773. The van der Waals surface area contributed by atoms with Gasteiger partial charge in [-0.3, -0.25) is 4.79 Å². The first-order chi connectivity index (χ1) is 6.98. The molecule has 2 nitrogen and oxygen atoms in total. The summed E-state index contributed by atoms with van der Waals surface area (Å²) in [4.78, 5) is 14.2. The van der Waals surface area contributed by atoms with Crippen molar-refractivity contribution >= 4 is 5.78 Å². The Labute approximate surface area is 94.0 Å². The van der Waals surface area contributed by atoms with Gasteiger partial charge in [-0.25, -0.2) is 0 Å². The van der Waals surface area contributed by atoms with Crippen LogP contribution in [-0.2, 0) is 4.79 Å². The van der Waals surface area contributed by atoms with Crippen LogP contribution in [0.1, 0.15) is 47.0 Å². The van der Waals surface area contributed by atoms with E-state index in [0.717, 1.165) is 38.9 Å². The van der Waals surface area contributed by atoms with Gasteiger partial charge in [0.15, 0.2) is 0 Å². The molecule has 88 valence electrons. The van der Waals surface area contributed by atoms with Gasteiger partial charge in [-0.05, 0) is 31.3 Å². The van der Waals surface area contributed by atoms with E-state index in [0.29, 0.717) is 11.2 Å². The summed E-state index contributed by atoms with van der Waals surface area (Å²) in [5, 5.41) is 0. The SMILES string of the molecule is CCN(CC)CC1CC(C)(C)CCC1=O. The second-order valence-electron chi connectivity index (χ2n) is 5.52. The monoisotopic (exact) mass is 211 g/mol. The van der Waals surface area contributed by atoms with Gasteiger partial charge in [0.1, 0.15) is 5.78 Å². The molecule has 0 heterocycles. The van der Waals surface area contributed by atoms with Gasteiger partial charge < -0.3 is 4.90 Å². The Morgan fingerprint density at radius 2 is 1.93 bits per heavy atom. The fourth-order valence-corrected chi connectivity index (χ4v) is 2.51. The van der Waals surface area contributed by atoms with Crippen LogP contribution in [0.4, 0.5) is 0 Å². The van der Waals surface area contributed by atoms with Crippen molar-refractivity contribution in [1.82, 2.24) is 4.90 Å². The third kappa shape index (κ3) is 3.60. The second kappa shape index (κ2) is 5.11. The van der Waals surface area contributed by atoms with Crippen molar-refractivity contribution in [3.8, 4) is 0 Å². The number of rotatable bonds is 4. The molecule has 1 aliphatic carbocycles. The van der Waals surface area contributed by atoms with Crippen LogP contribution < -0.4 is 0 Å². The lowest BCUT2D eigenvalue weighted by Crippen LogP contribution is -2.38. The maximum absolute atomic E-state index is 11.8. The van der Waals surface area contributed by atoms with E-state index in [1.807, 2.05) is 0 Å². The molecule has 1 rings (SSSR count). The van der Waals surface area contributed by atoms with Crippen molar-refractivity contribution in [3.05, 3.63) is 0 Å². The Morgan fingerprint density at radius 1 is 1.33 bits per heavy atom. The zero-order valence-electron chi connectivity index (χ0n) is 10.7. The molecule has 1 fully saturated rings. The van der Waals surface area contributed by atoms with E-state index in [2.05, 4.69) is 32.6 Å². The first-order valence-corrected chi connectivity index (χ1v) is 6.23. The Hall–Kier alpha value is -0.370. The number of Topliss-reactive ketones (excluding diaryl/α,β-unsaturated/α-hetero) is 1. The van der Waals surface area contributed by atoms with Crippen LogP contribution in [-0.4, -0.2) is 30.3 Å². The van der Waals surface area contributed by atoms with Crippen LogP contribution in [0.3, 0.4) is 0 Å². The average molecular weight is 211 g/mol. The molecule has 0 N–H and O–H groups in total. The van der Waals surface area contributed by atoms with E-state index in [-0.39, 0.29) is 5.92 Å². The van der Waals surface area contributed by atoms with Crippen LogP contribution in [0.25, 0.3) is 0 Å². The van der Waals surface area contributed by atoms with Gasteiger partial charge >= 0.3 is 0 Å². The summed E-state index contributed by atoms with van der Waals surface area (Å²) in [5.41, 5.74) is 0.367. The minimum atomic E-state index is 0.286. The molecule has 1 aliphatic rings. The number of hydrogen-bond donors (Lipinski definition) is 0. The number of nitrogens with zero attached hydrogens (tertiary/aromatic N) is 1. The van der Waals surface area contributed by atoms with Gasteiger partial charge in [0.25, 0.3) is 0 Å². The highest BCUT2D eigenvalue weighted by Gasteiger charge is 2.33. The summed E-state index contributed by atoms with van der Waals surface area (Å²) >= 11 is 0. The normalized spacial score (nSPS) is 25.9. The fraction of sp³-hybridized carbons (Fsp3) is 0.923. The Balaban J connectivity index is 2.55. The van der Waals surface area contributed by atoms with E-state index >= 15 is 0 Å². The lowest BCUT2D eigenvalue weighted by molar-refractivity contribution is -0.127. The summed E-state index contributed by atoms with van der Waals surface area (Å²) < 4.78 is 0. The third-order valence-electron chi connectivity index (χ3n) is 3.68. The maximum Gasteiger partial charge on any atom is 0.137 e. The van der Waals surface area contributed by atoms with Crippen LogP contribution in [0.2, 0.25) is 0 Å². The molecule has 15 heavy (non-hydrogen) atoms. The zero-order valence-corrected chi connectivity index (χ0v) is 10.7. The van der Waals surface area contributed by atoms with E-state index in [4.69, 9.17) is 0 Å². The zero-order chi connectivity index (χ0) is 11.5. The number of carbonyl (C=O) groups excluding carboxylic acids is 1. The van der Waals surface area contributed by atoms with Crippen LogP contribution in [0.5, 0.6) is 0 Å². The van der Waals surface area contributed by atoms with Crippen LogP contribution in [0, 0.1) is 11.3 Å². The molecule has 0 aromatic carbocycles. The molecule has 2 heteroatoms. The highest BCUT2D eigenvalue weighted by molar-refractivity contribution is 5.82. The molecule has 0 aromatic heterocycles. The van der Waals surface area contributed by atoms with Gasteiger partial charge in [0.2, 0.25) is 0 Å². The van der Waals surface area contributed by atoms with Crippen LogP contribution in [0.15, 0.2) is 0 Å². The van der Waals surface area contributed by atoms with E-state index < -0.39 is 0 Å². The van der Waals surface area contributed by atoms with Crippen molar-refractivity contribution in [2.24, 2.45) is 11.3 Å². The molecule has 0 spiro atoms. The molecule has 0 amide bonds. The molecule has 1 unspecified atom stereocenters. The minimum Gasteiger partial charge on any atom is -0.303 e. The molecular formula is C13H25NO. The first-order valence-electron chi connectivity index (χ1n) is 6.23. The van der Waals surface area contributed by atoms with Crippen molar-refractivity contribution < 1.29 is 4.79 Å². The quantitative estimate of drug-likeness (QED) is 0.712. The highest BCUT2D eigenvalue weighted by atomic mass is 16.1. The largest absolute Gasteiger partial charge is 0.303 e. The lowest BCUT2D eigenvalue weighted by Gasteiger charge is -2.36. The topological polar surface area (TPSA) is 20.3 Å². The molecule has 0 bridgehead atoms. The summed E-state index contributed by atoms with van der Waals surface area (Å²) in [6, 6.07) is 0. The Kier molecular flexibility index (Phi) is 4.32. The summed E-state index contributed by atoms with van der Waals surface area (Å²) in [6.45, 7) is 12.0. The van der Waals surface area contributed by atoms with E-state index in [1.165, 1.54) is 0 Å². The predicted molar refractivity (Wildman–Crippen MR) is 63.9 cm³/mol. The van der Waals surface area contributed by atoms with Crippen LogP contribution >= 0.6 is 0 Å². The standard InChI is InChI=1S/C13H25NO/c1-5-14(6-2)10-11-9-13(3,4)8-7-12(11)15/h11H,5-10H2,1-4H3. The van der Waals surface area contributed by atoms with Crippen molar-refractivity contribution in [1.29, 1.82) is 0 Å². The van der Waals surface area contributed by atoms with Gasteiger partial charge in [-0.15, -0.1) is 0 Å². The van der Waals surface area contributed by atoms with Gasteiger partial charge in [0, 0.05) is 18.9 Å². The predicted octanol–water partition coefficient (Wildman–Crippen LogP) is 2.72.